The largest absolute Gasteiger partial charge is 0.457 e. The van der Waals surface area contributed by atoms with Crippen LogP contribution in [0.15, 0.2) is 48.5 Å². The second kappa shape index (κ2) is 7.39. The Labute approximate surface area is 143 Å². The van der Waals surface area contributed by atoms with E-state index >= 15 is 0 Å². The molecular weight excluding hydrogens is 300 g/mol. The molecule has 0 aliphatic carbocycles. The van der Waals surface area contributed by atoms with Gasteiger partial charge in [-0.25, -0.2) is 0 Å². The van der Waals surface area contributed by atoms with Crippen LogP contribution in [0.3, 0.4) is 0 Å². The van der Waals surface area contributed by atoms with Crippen LogP contribution >= 0.6 is 0 Å². The number of hydrogen-bond donors (Lipinski definition) is 0. The normalized spacial score (nSPS) is 16.9. The molecule has 0 radical (unpaired) electrons. The van der Waals surface area contributed by atoms with Gasteiger partial charge in [0.25, 0.3) is 0 Å². The third-order valence-electron chi connectivity index (χ3n) is 4.48. The van der Waals surface area contributed by atoms with Crippen molar-refractivity contribution >= 4 is 17.7 Å². The van der Waals surface area contributed by atoms with Gasteiger partial charge in [0.2, 0.25) is 0 Å². The van der Waals surface area contributed by atoms with E-state index < -0.39 is 0 Å². The quantitative estimate of drug-likeness (QED) is 0.749. The minimum Gasteiger partial charge on any atom is -0.457 e. The number of aldehydes is 1. The Morgan fingerprint density at radius 3 is 2.67 bits per heavy atom. The molecule has 1 fully saturated rings. The number of hydrogen-bond acceptors (Lipinski definition) is 4. The summed E-state index contributed by atoms with van der Waals surface area (Å²) in [6.07, 6.45) is 3.87. The van der Waals surface area contributed by atoms with E-state index in [0.29, 0.717) is 12.5 Å². The molecule has 0 aromatic heterocycles. The van der Waals surface area contributed by atoms with Crippen molar-refractivity contribution in [3.8, 4) is 11.5 Å². The van der Waals surface area contributed by atoms with Crippen molar-refractivity contribution < 1.29 is 9.53 Å². The molecule has 2 aromatic rings. The summed E-state index contributed by atoms with van der Waals surface area (Å²) >= 11 is 0. The van der Waals surface area contributed by atoms with E-state index in [1.807, 2.05) is 44.4 Å². The van der Waals surface area contributed by atoms with Gasteiger partial charge in [0, 0.05) is 50.5 Å². The number of carbonyl (C=O) groups is 1. The molecule has 1 saturated heterocycles. The van der Waals surface area contributed by atoms with Crippen LogP contribution in [0.1, 0.15) is 19.3 Å². The van der Waals surface area contributed by atoms with E-state index in [2.05, 4.69) is 28.0 Å². The molecule has 1 atom stereocenters. The smallest absolute Gasteiger partial charge is 0.129 e. The van der Waals surface area contributed by atoms with Crippen LogP contribution in [0.2, 0.25) is 0 Å². The lowest BCUT2D eigenvalue weighted by Crippen LogP contribution is -2.29. The SMILES string of the molecule is CN(C)c1cccc(Oc2ccc(N3CCCC3CC=O)cc2)c1. The monoisotopic (exact) mass is 324 g/mol. The Balaban J connectivity index is 1.70. The van der Waals surface area contributed by atoms with Crippen LogP contribution in [0.5, 0.6) is 11.5 Å². The van der Waals surface area contributed by atoms with Gasteiger partial charge in [0.1, 0.15) is 17.8 Å². The predicted octanol–water partition coefficient (Wildman–Crippen LogP) is 4.10. The first-order valence-electron chi connectivity index (χ1n) is 8.43. The Kier molecular flexibility index (Phi) is 5.04. The van der Waals surface area contributed by atoms with E-state index in [1.165, 1.54) is 0 Å². The molecule has 1 aliphatic rings. The van der Waals surface area contributed by atoms with Crippen LogP contribution < -0.4 is 14.5 Å². The summed E-state index contributed by atoms with van der Waals surface area (Å²) in [6, 6.07) is 16.5. The van der Waals surface area contributed by atoms with Crippen molar-refractivity contribution in [1.29, 1.82) is 0 Å². The first-order chi connectivity index (χ1) is 11.7. The number of carbonyl (C=O) groups excluding carboxylic acids is 1. The lowest BCUT2D eigenvalue weighted by Gasteiger charge is -2.25. The fourth-order valence-electron chi connectivity index (χ4n) is 3.20. The van der Waals surface area contributed by atoms with Crippen molar-refractivity contribution in [3.05, 3.63) is 48.5 Å². The second-order valence-corrected chi connectivity index (χ2v) is 6.38. The second-order valence-electron chi connectivity index (χ2n) is 6.38. The van der Waals surface area contributed by atoms with Gasteiger partial charge in [-0.15, -0.1) is 0 Å². The van der Waals surface area contributed by atoms with Gasteiger partial charge in [-0.05, 0) is 49.2 Å². The van der Waals surface area contributed by atoms with Crippen LogP contribution in [0, 0.1) is 0 Å². The molecule has 0 bridgehead atoms. The maximum absolute atomic E-state index is 10.8. The van der Waals surface area contributed by atoms with Crippen LogP contribution in [-0.2, 0) is 4.79 Å². The van der Waals surface area contributed by atoms with Crippen LogP contribution in [-0.4, -0.2) is 33.0 Å². The molecule has 24 heavy (non-hydrogen) atoms. The first kappa shape index (κ1) is 16.4. The molecule has 4 heteroatoms. The van der Waals surface area contributed by atoms with Crippen molar-refractivity contribution in [2.45, 2.75) is 25.3 Å². The van der Waals surface area contributed by atoms with Gasteiger partial charge in [0.05, 0.1) is 0 Å². The molecular formula is C20H24N2O2. The van der Waals surface area contributed by atoms with Crippen molar-refractivity contribution in [2.75, 3.05) is 30.4 Å². The average Bonchev–Trinajstić information content (AvgIpc) is 3.04. The number of anilines is 2. The van der Waals surface area contributed by atoms with Crippen molar-refractivity contribution in [3.63, 3.8) is 0 Å². The Bertz CT molecular complexity index is 682. The standard InChI is InChI=1S/C20H24N2O2/c1-21(2)18-5-3-7-20(15-18)24-19-10-8-17(9-11-19)22-13-4-6-16(22)12-14-23/h3,5,7-11,14-16H,4,6,12-13H2,1-2H3. The van der Waals surface area contributed by atoms with Gasteiger partial charge < -0.3 is 19.3 Å². The van der Waals surface area contributed by atoms with Gasteiger partial charge in [-0.2, -0.15) is 0 Å². The highest BCUT2D eigenvalue weighted by molar-refractivity contribution is 5.57. The fourth-order valence-corrected chi connectivity index (χ4v) is 3.20. The minimum absolute atomic E-state index is 0.339. The molecule has 1 unspecified atom stereocenters. The van der Waals surface area contributed by atoms with Crippen LogP contribution in [0.25, 0.3) is 0 Å². The topological polar surface area (TPSA) is 32.8 Å². The van der Waals surface area contributed by atoms with E-state index in [4.69, 9.17) is 4.74 Å². The average molecular weight is 324 g/mol. The summed E-state index contributed by atoms with van der Waals surface area (Å²) in [5.41, 5.74) is 2.27. The lowest BCUT2D eigenvalue weighted by atomic mass is 10.1. The summed E-state index contributed by atoms with van der Waals surface area (Å²) in [5.74, 6) is 1.65. The Morgan fingerprint density at radius 2 is 1.96 bits per heavy atom. The van der Waals surface area contributed by atoms with Gasteiger partial charge in [0.15, 0.2) is 0 Å². The molecule has 0 amide bonds. The number of ether oxygens (including phenoxy) is 1. The number of rotatable bonds is 6. The Hall–Kier alpha value is -2.49. The zero-order valence-corrected chi connectivity index (χ0v) is 14.3. The zero-order chi connectivity index (χ0) is 16.9. The molecule has 126 valence electrons. The highest BCUT2D eigenvalue weighted by Crippen LogP contribution is 2.30. The molecule has 1 aliphatic heterocycles. The van der Waals surface area contributed by atoms with Gasteiger partial charge >= 0.3 is 0 Å². The number of benzene rings is 2. The predicted molar refractivity (Wildman–Crippen MR) is 98.3 cm³/mol. The molecule has 0 saturated carbocycles. The Morgan fingerprint density at radius 1 is 1.17 bits per heavy atom. The van der Waals surface area contributed by atoms with Crippen molar-refractivity contribution in [2.24, 2.45) is 0 Å². The van der Waals surface area contributed by atoms with Gasteiger partial charge in [-0.3, -0.25) is 0 Å². The maximum Gasteiger partial charge on any atom is 0.129 e. The third kappa shape index (κ3) is 3.70. The highest BCUT2D eigenvalue weighted by Gasteiger charge is 2.24. The number of nitrogens with zero attached hydrogens (tertiary/aromatic N) is 2. The summed E-state index contributed by atoms with van der Waals surface area (Å²) < 4.78 is 5.96. The molecule has 0 spiro atoms. The maximum atomic E-state index is 10.8. The summed E-state index contributed by atoms with van der Waals surface area (Å²) in [7, 11) is 4.03. The molecule has 3 rings (SSSR count). The lowest BCUT2D eigenvalue weighted by molar-refractivity contribution is -0.108. The van der Waals surface area contributed by atoms with E-state index in [1.54, 1.807) is 0 Å². The summed E-state index contributed by atoms with van der Waals surface area (Å²) in [4.78, 5) is 15.2. The molecule has 1 heterocycles. The van der Waals surface area contributed by atoms with Gasteiger partial charge in [-0.1, -0.05) is 6.07 Å². The summed E-state index contributed by atoms with van der Waals surface area (Å²) in [6.45, 7) is 1.02. The highest BCUT2D eigenvalue weighted by atomic mass is 16.5. The van der Waals surface area contributed by atoms with E-state index in [9.17, 15) is 4.79 Å². The van der Waals surface area contributed by atoms with Crippen LogP contribution in [0.4, 0.5) is 11.4 Å². The minimum atomic E-state index is 0.339. The third-order valence-corrected chi connectivity index (χ3v) is 4.48. The fraction of sp³-hybridized carbons (Fsp3) is 0.350. The zero-order valence-electron chi connectivity index (χ0n) is 14.3. The van der Waals surface area contributed by atoms with E-state index in [0.717, 1.165) is 48.5 Å². The molecule has 4 nitrogen and oxygen atoms in total. The van der Waals surface area contributed by atoms with Crippen molar-refractivity contribution in [1.82, 2.24) is 0 Å². The molecule has 0 N–H and O–H groups in total. The van der Waals surface area contributed by atoms with E-state index in [-0.39, 0.29) is 0 Å². The first-order valence-corrected chi connectivity index (χ1v) is 8.43. The summed E-state index contributed by atoms with van der Waals surface area (Å²) in [5, 5.41) is 0. The molecule has 2 aromatic carbocycles.